The number of aromatic hydroxyl groups is 2. The number of phenolic OH excluding ortho intramolecular Hbond substituents is 2. The van der Waals surface area contributed by atoms with Crippen molar-refractivity contribution < 1.29 is 20.1 Å². The van der Waals surface area contributed by atoms with E-state index >= 15 is 0 Å². The van der Waals surface area contributed by atoms with Gasteiger partial charge in [-0.1, -0.05) is 6.07 Å². The van der Waals surface area contributed by atoms with Crippen molar-refractivity contribution in [2.75, 3.05) is 0 Å². The predicted octanol–water partition coefficient (Wildman–Crippen LogP) is 4.13. The third-order valence-corrected chi connectivity index (χ3v) is 4.91. The van der Waals surface area contributed by atoms with Crippen LogP contribution in [0.25, 0.3) is 0 Å². The van der Waals surface area contributed by atoms with Gasteiger partial charge >= 0.3 is 5.97 Å². The van der Waals surface area contributed by atoms with Crippen molar-refractivity contribution in [1.29, 1.82) is 0 Å². The quantitative estimate of drug-likeness (QED) is 0.476. The Balaban J connectivity index is 1.71. The molecule has 5 heteroatoms. The fourth-order valence-electron chi connectivity index (χ4n) is 2.46. The van der Waals surface area contributed by atoms with Gasteiger partial charge in [0, 0.05) is 16.2 Å². The number of carboxylic acid groups (broad SMARTS) is 1. The van der Waals surface area contributed by atoms with Gasteiger partial charge in [0.15, 0.2) is 11.5 Å². The molecule has 1 aromatic carbocycles. The van der Waals surface area contributed by atoms with Crippen molar-refractivity contribution in [3.05, 3.63) is 45.6 Å². The molecule has 1 heterocycles. The average molecular weight is 334 g/mol. The molecule has 0 unspecified atom stereocenters. The average Bonchev–Trinajstić information content (AvgIpc) is 2.95. The largest absolute Gasteiger partial charge is 0.504 e. The Labute approximate surface area is 140 Å². The number of thiophene rings is 1. The van der Waals surface area contributed by atoms with E-state index in [1.807, 2.05) is 6.07 Å². The predicted molar refractivity (Wildman–Crippen MR) is 91.3 cm³/mol. The number of hydrogen-bond acceptors (Lipinski definition) is 4. The standard InChI is InChI=1S/C18H22O4S/c19-16-11-8-13(12-17(16)20)4-3-6-15-10-9-14(23-15)5-1-2-7-18(21)22/h8-12,19-20H,1-7H2,(H,21,22). The monoisotopic (exact) mass is 334 g/mol. The molecule has 0 atom stereocenters. The van der Waals surface area contributed by atoms with E-state index in [1.54, 1.807) is 17.4 Å². The summed E-state index contributed by atoms with van der Waals surface area (Å²) in [5.74, 6) is -0.876. The third kappa shape index (κ3) is 5.94. The maximum absolute atomic E-state index is 10.5. The van der Waals surface area contributed by atoms with Gasteiger partial charge in [0.05, 0.1) is 0 Å². The fraction of sp³-hybridized carbons (Fsp3) is 0.389. The second kappa shape index (κ2) is 8.58. The summed E-state index contributed by atoms with van der Waals surface area (Å²) in [5, 5.41) is 27.4. The molecule has 23 heavy (non-hydrogen) atoms. The Morgan fingerprint density at radius 3 is 2.22 bits per heavy atom. The lowest BCUT2D eigenvalue weighted by molar-refractivity contribution is -0.137. The summed E-state index contributed by atoms with van der Waals surface area (Å²) in [6.07, 6.45) is 5.68. The topological polar surface area (TPSA) is 77.8 Å². The van der Waals surface area contributed by atoms with Crippen LogP contribution in [0.5, 0.6) is 11.5 Å². The Bertz CT molecular complexity index is 648. The number of benzene rings is 1. The van der Waals surface area contributed by atoms with E-state index < -0.39 is 5.97 Å². The first-order valence-corrected chi connectivity index (χ1v) is 8.66. The molecule has 0 aliphatic carbocycles. The zero-order valence-electron chi connectivity index (χ0n) is 13.0. The number of carboxylic acids is 1. The fourth-order valence-corrected chi connectivity index (χ4v) is 3.56. The molecular weight excluding hydrogens is 312 g/mol. The molecule has 0 radical (unpaired) electrons. The first-order chi connectivity index (χ1) is 11.0. The summed E-state index contributed by atoms with van der Waals surface area (Å²) in [6, 6.07) is 9.23. The van der Waals surface area contributed by atoms with Crippen molar-refractivity contribution in [1.82, 2.24) is 0 Å². The van der Waals surface area contributed by atoms with Crippen LogP contribution in [-0.4, -0.2) is 21.3 Å². The van der Waals surface area contributed by atoms with Crippen molar-refractivity contribution in [3.8, 4) is 11.5 Å². The highest BCUT2D eigenvalue weighted by Gasteiger charge is 2.04. The zero-order chi connectivity index (χ0) is 16.7. The van der Waals surface area contributed by atoms with Crippen LogP contribution >= 0.6 is 11.3 Å². The zero-order valence-corrected chi connectivity index (χ0v) is 13.8. The Kier molecular flexibility index (Phi) is 6.47. The molecule has 0 aliphatic rings. The molecule has 0 aliphatic heterocycles. The number of phenols is 2. The lowest BCUT2D eigenvalue weighted by atomic mass is 10.1. The molecule has 2 aromatic rings. The maximum Gasteiger partial charge on any atom is 0.303 e. The van der Waals surface area contributed by atoms with E-state index in [1.165, 1.54) is 15.8 Å². The number of carbonyl (C=O) groups is 1. The molecule has 0 fully saturated rings. The van der Waals surface area contributed by atoms with Gasteiger partial charge in [-0.05, 0) is 68.4 Å². The van der Waals surface area contributed by atoms with E-state index in [0.717, 1.165) is 44.1 Å². The summed E-state index contributed by atoms with van der Waals surface area (Å²) < 4.78 is 0. The first kappa shape index (κ1) is 17.3. The number of unbranched alkanes of at least 4 members (excludes halogenated alkanes) is 1. The van der Waals surface area contributed by atoms with E-state index in [9.17, 15) is 15.0 Å². The summed E-state index contributed by atoms with van der Waals surface area (Å²) in [4.78, 5) is 13.1. The maximum atomic E-state index is 10.5. The van der Waals surface area contributed by atoms with Crippen LogP contribution in [0.15, 0.2) is 30.3 Å². The highest BCUT2D eigenvalue weighted by atomic mass is 32.1. The number of rotatable bonds is 9. The molecular formula is C18H22O4S. The second-order valence-corrected chi connectivity index (χ2v) is 6.90. The number of aliphatic carboxylic acids is 1. The second-order valence-electron chi connectivity index (χ2n) is 5.65. The summed E-state index contributed by atoms with van der Waals surface area (Å²) in [5.41, 5.74) is 1.02. The lowest BCUT2D eigenvalue weighted by Crippen LogP contribution is -1.94. The van der Waals surface area contributed by atoms with Gasteiger partial charge in [0.2, 0.25) is 0 Å². The van der Waals surface area contributed by atoms with Crippen LogP contribution < -0.4 is 0 Å². The Hall–Kier alpha value is -2.01. The minimum Gasteiger partial charge on any atom is -0.504 e. The van der Waals surface area contributed by atoms with Crippen LogP contribution in [0, 0.1) is 0 Å². The number of hydrogen-bond donors (Lipinski definition) is 3. The highest BCUT2D eigenvalue weighted by molar-refractivity contribution is 7.11. The van der Waals surface area contributed by atoms with Gasteiger partial charge in [-0.2, -0.15) is 0 Å². The smallest absolute Gasteiger partial charge is 0.303 e. The molecule has 0 saturated carbocycles. The van der Waals surface area contributed by atoms with Crippen LogP contribution in [0.3, 0.4) is 0 Å². The van der Waals surface area contributed by atoms with Crippen molar-refractivity contribution in [2.45, 2.75) is 44.9 Å². The molecule has 0 saturated heterocycles. The van der Waals surface area contributed by atoms with Gasteiger partial charge < -0.3 is 15.3 Å². The van der Waals surface area contributed by atoms with Gasteiger partial charge in [0.25, 0.3) is 0 Å². The van der Waals surface area contributed by atoms with Crippen molar-refractivity contribution in [2.24, 2.45) is 0 Å². The van der Waals surface area contributed by atoms with Crippen LogP contribution in [0.4, 0.5) is 0 Å². The van der Waals surface area contributed by atoms with Gasteiger partial charge in [-0.15, -0.1) is 11.3 Å². The molecule has 0 spiro atoms. The van der Waals surface area contributed by atoms with Crippen LogP contribution in [0.1, 0.15) is 41.0 Å². The number of aryl methyl sites for hydroxylation is 3. The van der Waals surface area contributed by atoms with Gasteiger partial charge in [0.1, 0.15) is 0 Å². The highest BCUT2D eigenvalue weighted by Crippen LogP contribution is 2.26. The normalized spacial score (nSPS) is 10.8. The van der Waals surface area contributed by atoms with Gasteiger partial charge in [-0.25, -0.2) is 0 Å². The SMILES string of the molecule is O=C(O)CCCCc1ccc(CCCc2ccc(O)c(O)c2)s1. The molecule has 1 aromatic heterocycles. The first-order valence-electron chi connectivity index (χ1n) is 7.85. The minimum atomic E-state index is -0.725. The third-order valence-electron chi connectivity index (χ3n) is 3.71. The van der Waals surface area contributed by atoms with Crippen molar-refractivity contribution in [3.63, 3.8) is 0 Å². The van der Waals surface area contributed by atoms with E-state index in [2.05, 4.69) is 12.1 Å². The molecule has 3 N–H and O–H groups in total. The van der Waals surface area contributed by atoms with Crippen molar-refractivity contribution >= 4 is 17.3 Å². The summed E-state index contributed by atoms with van der Waals surface area (Å²) >= 11 is 1.80. The molecule has 4 nitrogen and oxygen atoms in total. The molecule has 0 bridgehead atoms. The minimum absolute atomic E-state index is 0.0673. The van der Waals surface area contributed by atoms with E-state index in [-0.39, 0.29) is 17.9 Å². The van der Waals surface area contributed by atoms with E-state index in [4.69, 9.17) is 5.11 Å². The molecule has 0 amide bonds. The molecule has 2 rings (SSSR count). The Morgan fingerprint density at radius 1 is 0.870 bits per heavy atom. The van der Waals surface area contributed by atoms with Crippen LogP contribution in [-0.2, 0) is 24.1 Å². The Morgan fingerprint density at radius 2 is 1.57 bits per heavy atom. The van der Waals surface area contributed by atoms with E-state index in [0.29, 0.717) is 0 Å². The lowest BCUT2D eigenvalue weighted by Gasteiger charge is -2.03. The summed E-state index contributed by atoms with van der Waals surface area (Å²) in [6.45, 7) is 0. The summed E-state index contributed by atoms with van der Waals surface area (Å²) in [7, 11) is 0. The van der Waals surface area contributed by atoms with Crippen LogP contribution in [0.2, 0.25) is 0 Å². The van der Waals surface area contributed by atoms with Gasteiger partial charge in [-0.3, -0.25) is 4.79 Å². The molecule has 124 valence electrons.